The van der Waals surface area contributed by atoms with E-state index in [0.717, 1.165) is 49.4 Å². The van der Waals surface area contributed by atoms with Crippen LogP contribution in [0.25, 0.3) is 32.4 Å². The number of nitrogens with one attached hydrogen (secondary N) is 2. The molecule has 4 N–H and O–H groups in total. The average Bonchev–Trinajstić information content (AvgIpc) is 3.63. The molecule has 0 aliphatic rings. The quantitative estimate of drug-likeness (QED) is 0.0973. The van der Waals surface area contributed by atoms with Crippen LogP contribution in [0.4, 0.5) is 22.0 Å². The molecule has 3 aromatic heterocycles. The lowest BCUT2D eigenvalue weighted by molar-refractivity contribution is -0.117. The number of aromatic nitrogens is 3. The molecule has 0 radical (unpaired) electrons. The normalized spacial score (nSPS) is 12.9. The minimum absolute atomic E-state index is 0.138. The largest absolute Gasteiger partial charge is 0.412 e. The van der Waals surface area contributed by atoms with Gasteiger partial charge in [0.25, 0.3) is 5.91 Å². The molecule has 0 bridgehead atoms. The molecule has 5 aromatic rings. The molecule has 0 unspecified atom stereocenters. The number of amides is 1. The van der Waals surface area contributed by atoms with Crippen LogP contribution in [0.15, 0.2) is 84.1 Å². The lowest BCUT2D eigenvalue weighted by Gasteiger charge is -2.15. The number of carbonyl (C=O) groups excluding carboxylic acids is 1. The maximum atomic E-state index is 13.6. The Morgan fingerprint density at radius 2 is 1.80 bits per heavy atom. The summed E-state index contributed by atoms with van der Waals surface area (Å²) in [6, 6.07) is 12.7. The zero-order chi connectivity index (χ0) is 31.6. The van der Waals surface area contributed by atoms with Crippen LogP contribution in [0.2, 0.25) is 0 Å². The van der Waals surface area contributed by atoms with Crippen molar-refractivity contribution in [3.05, 3.63) is 106 Å². The van der Waals surface area contributed by atoms with Crippen molar-refractivity contribution in [2.45, 2.75) is 32.6 Å². The van der Waals surface area contributed by atoms with Crippen molar-refractivity contribution in [2.75, 3.05) is 0 Å². The fraction of sp³-hybridized carbons (Fsp3) is 0.194. The summed E-state index contributed by atoms with van der Waals surface area (Å²) in [5.74, 6) is -3.35. The van der Waals surface area contributed by atoms with Gasteiger partial charge in [-0.3, -0.25) is 9.78 Å². The minimum Gasteiger partial charge on any atom is -0.385 e. The minimum atomic E-state index is -4.68. The second kappa shape index (κ2) is 12.4. The lowest BCUT2D eigenvalue weighted by Crippen LogP contribution is -2.31. The van der Waals surface area contributed by atoms with E-state index in [0.29, 0.717) is 6.08 Å². The zero-order valence-corrected chi connectivity index (χ0v) is 24.4. The smallest absolute Gasteiger partial charge is 0.385 e. The van der Waals surface area contributed by atoms with Crippen LogP contribution in [-0.4, -0.2) is 26.6 Å². The number of hydrogen-bond donors (Lipinski definition) is 3. The molecule has 2 aromatic carbocycles. The number of thiophene rings is 1. The van der Waals surface area contributed by atoms with E-state index >= 15 is 0 Å². The third-order valence-corrected chi connectivity index (χ3v) is 8.11. The van der Waals surface area contributed by atoms with Crippen molar-refractivity contribution in [3.63, 3.8) is 0 Å². The number of halogens is 5. The molecule has 228 valence electrons. The van der Waals surface area contributed by atoms with Crippen molar-refractivity contribution < 1.29 is 26.7 Å². The van der Waals surface area contributed by atoms with Gasteiger partial charge in [-0.2, -0.15) is 13.2 Å². The van der Waals surface area contributed by atoms with Gasteiger partial charge < -0.3 is 20.9 Å². The monoisotopic (exact) mass is 626 g/mol. The number of allylic oxidation sites excluding steroid dienone is 1. The highest BCUT2D eigenvalue weighted by atomic mass is 32.1. The predicted octanol–water partition coefficient (Wildman–Crippen LogP) is 6.60. The summed E-state index contributed by atoms with van der Waals surface area (Å²) in [5, 5.41) is 6.24. The van der Waals surface area contributed by atoms with Crippen LogP contribution in [0.3, 0.4) is 0 Å². The number of carbonyl (C=O) groups is 1. The second-order valence-electron chi connectivity index (χ2n) is 9.98. The third-order valence-electron chi connectivity index (χ3n) is 6.98. The lowest BCUT2D eigenvalue weighted by atomic mass is 10.1. The number of hydrogen-bond acceptors (Lipinski definition) is 6. The Kier molecular flexibility index (Phi) is 8.68. The van der Waals surface area contributed by atoms with Crippen LogP contribution in [0.1, 0.15) is 23.8 Å². The summed E-state index contributed by atoms with van der Waals surface area (Å²) < 4.78 is 69.5. The summed E-state index contributed by atoms with van der Waals surface area (Å²) in [5.41, 5.74) is 8.50. The molecular formula is C31H27F5N6OS. The first-order chi connectivity index (χ1) is 20.9. The molecule has 0 aliphatic heterocycles. The molecule has 0 aliphatic carbocycles. The molecule has 0 saturated carbocycles. The SMILES string of the molecule is CC/C(=C\C(C(=O)NCc1ccc(F)c(F)c1)=C(/N)NCc1ccc(-c2ccc3ncc4ncn(C)c4c3c2)s1)C(F)(F)F. The van der Waals surface area contributed by atoms with Crippen LogP contribution < -0.4 is 16.4 Å². The molecule has 0 saturated heterocycles. The number of alkyl halides is 3. The highest BCUT2D eigenvalue weighted by Gasteiger charge is 2.33. The van der Waals surface area contributed by atoms with Crippen molar-refractivity contribution in [1.82, 2.24) is 25.2 Å². The van der Waals surface area contributed by atoms with E-state index in [2.05, 4.69) is 20.6 Å². The van der Waals surface area contributed by atoms with Crippen LogP contribution in [-0.2, 0) is 24.9 Å². The first-order valence-electron chi connectivity index (χ1n) is 13.5. The Morgan fingerprint density at radius 3 is 2.52 bits per heavy atom. The Balaban J connectivity index is 1.37. The highest BCUT2D eigenvalue weighted by molar-refractivity contribution is 7.15. The molecule has 44 heavy (non-hydrogen) atoms. The number of rotatable bonds is 9. The molecular weight excluding hydrogens is 599 g/mol. The first kappa shape index (κ1) is 30.7. The van der Waals surface area contributed by atoms with Crippen molar-refractivity contribution in [3.8, 4) is 10.4 Å². The fourth-order valence-corrected chi connectivity index (χ4v) is 5.59. The van der Waals surface area contributed by atoms with Gasteiger partial charge in [-0.05, 0) is 60.0 Å². The average molecular weight is 627 g/mol. The number of pyridine rings is 1. The van der Waals surface area contributed by atoms with E-state index in [1.807, 2.05) is 41.9 Å². The van der Waals surface area contributed by atoms with Gasteiger partial charge in [-0.1, -0.05) is 19.1 Å². The Labute approximate surface area is 252 Å². The van der Waals surface area contributed by atoms with Gasteiger partial charge in [0.1, 0.15) is 11.3 Å². The van der Waals surface area contributed by atoms with Gasteiger partial charge in [-0.15, -0.1) is 11.3 Å². The van der Waals surface area contributed by atoms with E-state index in [1.165, 1.54) is 24.3 Å². The number of imidazole rings is 1. The van der Waals surface area contributed by atoms with E-state index in [-0.39, 0.29) is 24.5 Å². The van der Waals surface area contributed by atoms with Crippen LogP contribution in [0.5, 0.6) is 0 Å². The summed E-state index contributed by atoms with van der Waals surface area (Å²) in [6.45, 7) is 1.20. The molecule has 0 atom stereocenters. The molecule has 7 nitrogen and oxygen atoms in total. The number of fused-ring (bicyclic) bond motifs is 3. The zero-order valence-electron chi connectivity index (χ0n) is 23.6. The summed E-state index contributed by atoms with van der Waals surface area (Å²) >= 11 is 1.46. The van der Waals surface area contributed by atoms with E-state index in [9.17, 15) is 26.7 Å². The molecule has 0 spiro atoms. The van der Waals surface area contributed by atoms with Gasteiger partial charge in [0.15, 0.2) is 11.6 Å². The van der Waals surface area contributed by atoms with Gasteiger partial charge >= 0.3 is 6.18 Å². The van der Waals surface area contributed by atoms with Gasteiger partial charge in [0.2, 0.25) is 0 Å². The van der Waals surface area contributed by atoms with Gasteiger partial charge in [0.05, 0.1) is 35.7 Å². The Morgan fingerprint density at radius 1 is 1.00 bits per heavy atom. The van der Waals surface area contributed by atoms with E-state index in [4.69, 9.17) is 5.73 Å². The second-order valence-corrected chi connectivity index (χ2v) is 11.1. The standard InChI is InChI=1S/C31H27F5N6OS/c1-3-19(31(34,35)36)12-22(30(43)40-13-17-4-7-23(32)24(33)10-17)29(37)39-14-20-6-9-27(44-20)18-5-8-25-21(11-18)28-26(15-38-25)41-16-42(28)2/h4-12,15-16,39H,3,13-14,37H2,1-2H3,(H,40,43)/b19-12+,29-22-. The summed E-state index contributed by atoms with van der Waals surface area (Å²) in [6.07, 6.45) is -0.910. The number of nitrogens with two attached hydrogens (primary N) is 1. The molecule has 3 heterocycles. The molecule has 13 heteroatoms. The van der Waals surface area contributed by atoms with E-state index in [1.54, 1.807) is 12.5 Å². The van der Waals surface area contributed by atoms with Crippen molar-refractivity contribution >= 4 is 39.2 Å². The Bertz CT molecular complexity index is 1920. The predicted molar refractivity (Wildman–Crippen MR) is 160 cm³/mol. The van der Waals surface area contributed by atoms with E-state index < -0.39 is 41.3 Å². The summed E-state index contributed by atoms with van der Waals surface area (Å²) in [4.78, 5) is 23.6. The van der Waals surface area contributed by atoms with Gasteiger partial charge in [-0.25, -0.2) is 13.8 Å². The summed E-state index contributed by atoms with van der Waals surface area (Å²) in [7, 11) is 1.92. The van der Waals surface area contributed by atoms with Crippen molar-refractivity contribution in [2.24, 2.45) is 12.8 Å². The number of aryl methyl sites for hydroxylation is 1. The van der Waals surface area contributed by atoms with Gasteiger partial charge in [0, 0.05) is 34.3 Å². The first-order valence-corrected chi connectivity index (χ1v) is 14.3. The number of nitrogens with zero attached hydrogens (tertiary/aromatic N) is 3. The topological polar surface area (TPSA) is 97.9 Å². The maximum absolute atomic E-state index is 13.6. The van der Waals surface area contributed by atoms with Crippen molar-refractivity contribution in [1.29, 1.82) is 0 Å². The maximum Gasteiger partial charge on any atom is 0.412 e. The van der Waals surface area contributed by atoms with Crippen LogP contribution in [0, 0.1) is 11.6 Å². The highest BCUT2D eigenvalue weighted by Crippen LogP contribution is 2.33. The third kappa shape index (κ3) is 6.57. The molecule has 0 fully saturated rings. The Hall–Kier alpha value is -4.78. The molecule has 1 amide bonds. The fourth-order valence-electron chi connectivity index (χ4n) is 4.65. The molecule has 5 rings (SSSR count). The van der Waals surface area contributed by atoms with Crippen LogP contribution >= 0.6 is 11.3 Å². The number of benzene rings is 2.